The number of nitrogens with zero attached hydrogens (tertiary/aromatic N) is 4. The maximum Gasteiger partial charge on any atom is 0.189 e. The van der Waals surface area contributed by atoms with Gasteiger partial charge in [0.2, 0.25) is 0 Å². The summed E-state index contributed by atoms with van der Waals surface area (Å²) in [6.07, 6.45) is 0. The zero-order chi connectivity index (χ0) is 32.2. The first kappa shape index (κ1) is 27.4. The molecule has 9 rings (SSSR count). The Balaban J connectivity index is 1.20. The van der Waals surface area contributed by atoms with Crippen molar-refractivity contribution in [2.24, 2.45) is 0 Å². The van der Waals surface area contributed by atoms with E-state index in [0.29, 0.717) is 11.3 Å². The predicted molar refractivity (Wildman–Crippen MR) is 197 cm³/mol. The topological polar surface area (TPSA) is 38.0 Å². The third-order valence-electron chi connectivity index (χ3n) is 9.34. The third kappa shape index (κ3) is 4.22. The first-order valence-electron chi connectivity index (χ1n) is 15.9. The Labute approximate surface area is 277 Å². The number of para-hydroxylation sites is 4. The van der Waals surface area contributed by atoms with Gasteiger partial charge in [-0.1, -0.05) is 97.1 Å². The molecule has 2 heterocycles. The number of hydrogen-bond donors (Lipinski definition) is 0. The van der Waals surface area contributed by atoms with Crippen molar-refractivity contribution in [2.75, 3.05) is 0 Å². The van der Waals surface area contributed by atoms with Crippen molar-refractivity contribution in [1.29, 1.82) is 5.26 Å². The summed E-state index contributed by atoms with van der Waals surface area (Å²) in [4.78, 5) is 3.73. The molecule has 0 bridgehead atoms. The lowest BCUT2D eigenvalue weighted by molar-refractivity contribution is 1.18. The fourth-order valence-electron chi connectivity index (χ4n) is 7.22. The fourth-order valence-corrected chi connectivity index (χ4v) is 7.22. The summed E-state index contributed by atoms with van der Waals surface area (Å²) in [5, 5.41) is 14.9. The highest BCUT2D eigenvalue weighted by atomic mass is 15.0. The molecule has 0 N–H and O–H groups in total. The van der Waals surface area contributed by atoms with Gasteiger partial charge in [-0.3, -0.25) is 0 Å². The van der Waals surface area contributed by atoms with E-state index >= 15 is 0 Å². The SMILES string of the molecule is [C-]#[N+]c1ccc2c3ccccc3n(-c3ccccc3-c3cc(C#N)cc(-c4ccc(-n5c6ccccc6c6ccccc65)cc4)c3)c2c1. The molecule has 0 unspecified atom stereocenters. The van der Waals surface area contributed by atoms with Crippen LogP contribution < -0.4 is 0 Å². The molecule has 9 aromatic rings. The number of nitriles is 1. The highest BCUT2D eigenvalue weighted by Crippen LogP contribution is 2.39. The molecule has 7 aromatic carbocycles. The zero-order valence-corrected chi connectivity index (χ0v) is 25.8. The fraction of sp³-hybridized carbons (Fsp3) is 0. The molecule has 4 nitrogen and oxygen atoms in total. The largest absolute Gasteiger partial charge is 0.310 e. The second-order valence-corrected chi connectivity index (χ2v) is 12.0. The highest BCUT2D eigenvalue weighted by Gasteiger charge is 2.17. The molecule has 0 amide bonds. The minimum atomic E-state index is 0.598. The molecule has 0 fully saturated rings. The average molecular weight is 611 g/mol. The number of hydrogen-bond acceptors (Lipinski definition) is 1. The van der Waals surface area contributed by atoms with Gasteiger partial charge < -0.3 is 9.13 Å². The van der Waals surface area contributed by atoms with Crippen molar-refractivity contribution in [3.63, 3.8) is 0 Å². The maximum absolute atomic E-state index is 10.2. The zero-order valence-electron chi connectivity index (χ0n) is 25.8. The Morgan fingerprint density at radius 1 is 0.479 bits per heavy atom. The summed E-state index contributed by atoms with van der Waals surface area (Å²) in [5.41, 5.74) is 11.6. The molecule has 0 aliphatic heterocycles. The van der Waals surface area contributed by atoms with Gasteiger partial charge in [-0.2, -0.15) is 5.26 Å². The van der Waals surface area contributed by atoms with Crippen LogP contribution in [-0.2, 0) is 0 Å². The molecule has 0 saturated carbocycles. The highest BCUT2D eigenvalue weighted by molar-refractivity contribution is 6.11. The first-order chi connectivity index (χ1) is 23.7. The number of aromatic nitrogens is 2. The number of rotatable bonds is 4. The van der Waals surface area contributed by atoms with E-state index in [2.05, 4.69) is 129 Å². The van der Waals surface area contributed by atoms with Crippen LogP contribution in [0.1, 0.15) is 5.56 Å². The lowest BCUT2D eigenvalue weighted by atomic mass is 9.95. The Morgan fingerprint density at radius 2 is 1.04 bits per heavy atom. The van der Waals surface area contributed by atoms with Crippen molar-refractivity contribution in [3.8, 4) is 39.7 Å². The lowest BCUT2D eigenvalue weighted by Crippen LogP contribution is -1.97. The van der Waals surface area contributed by atoms with Crippen LogP contribution in [0.3, 0.4) is 0 Å². The first-order valence-corrected chi connectivity index (χ1v) is 15.9. The summed E-state index contributed by atoms with van der Waals surface area (Å²) >= 11 is 0. The lowest BCUT2D eigenvalue weighted by Gasteiger charge is -2.16. The van der Waals surface area contributed by atoms with Gasteiger partial charge >= 0.3 is 0 Å². The van der Waals surface area contributed by atoms with Gasteiger partial charge in [-0.25, -0.2) is 4.85 Å². The van der Waals surface area contributed by atoms with E-state index in [4.69, 9.17) is 6.57 Å². The third-order valence-corrected chi connectivity index (χ3v) is 9.34. The summed E-state index contributed by atoms with van der Waals surface area (Å²) in [5.74, 6) is 0. The summed E-state index contributed by atoms with van der Waals surface area (Å²) < 4.78 is 4.56. The average Bonchev–Trinajstić information content (AvgIpc) is 3.67. The standard InChI is InChI=1S/C44H26N4/c1-46-33-20-23-39-38-13-5-9-17-43(38)48(44(39)27-33)40-14-6-2-10-35(40)32-25-29(28-45)24-31(26-32)30-18-21-34(22-19-30)47-41-15-7-3-11-36(41)37-12-4-8-16-42(37)47/h2-27H. The van der Waals surface area contributed by atoms with E-state index in [1.807, 2.05) is 48.5 Å². The van der Waals surface area contributed by atoms with Gasteiger partial charge in [0, 0.05) is 38.3 Å². The van der Waals surface area contributed by atoms with Crippen molar-refractivity contribution in [1.82, 2.24) is 9.13 Å². The van der Waals surface area contributed by atoms with Crippen LogP contribution >= 0.6 is 0 Å². The Bertz CT molecular complexity index is 2750. The van der Waals surface area contributed by atoms with E-state index in [1.165, 1.54) is 21.8 Å². The molecule has 0 atom stereocenters. The molecule has 0 spiro atoms. The quantitative estimate of drug-likeness (QED) is 0.183. The molecule has 2 aromatic heterocycles. The minimum absolute atomic E-state index is 0.598. The Kier molecular flexibility index (Phi) is 6.22. The van der Waals surface area contributed by atoms with Gasteiger partial charge in [0.1, 0.15) is 0 Å². The van der Waals surface area contributed by atoms with Crippen LogP contribution in [-0.4, -0.2) is 9.13 Å². The van der Waals surface area contributed by atoms with Gasteiger partial charge in [-0.15, -0.1) is 0 Å². The van der Waals surface area contributed by atoms with Crippen LogP contribution in [0.25, 0.3) is 82.1 Å². The molecular weight excluding hydrogens is 585 g/mol. The van der Waals surface area contributed by atoms with Crippen molar-refractivity contribution in [2.45, 2.75) is 0 Å². The summed E-state index contributed by atoms with van der Waals surface area (Å²) in [6, 6.07) is 56.7. The predicted octanol–water partition coefficient (Wildman–Crippen LogP) is 11.6. The number of fused-ring (bicyclic) bond motifs is 6. The van der Waals surface area contributed by atoms with E-state index in [1.54, 1.807) is 0 Å². The van der Waals surface area contributed by atoms with Crippen LogP contribution in [0.4, 0.5) is 5.69 Å². The Morgan fingerprint density at radius 3 is 1.69 bits per heavy atom. The minimum Gasteiger partial charge on any atom is -0.310 e. The van der Waals surface area contributed by atoms with Crippen molar-refractivity contribution < 1.29 is 0 Å². The van der Waals surface area contributed by atoms with Gasteiger partial charge in [0.15, 0.2) is 5.69 Å². The van der Waals surface area contributed by atoms with Crippen LogP contribution in [0.2, 0.25) is 0 Å². The smallest absolute Gasteiger partial charge is 0.189 e. The van der Waals surface area contributed by atoms with E-state index in [9.17, 15) is 5.26 Å². The summed E-state index contributed by atoms with van der Waals surface area (Å²) in [6.45, 7) is 7.66. The van der Waals surface area contributed by atoms with Gasteiger partial charge in [0.05, 0.1) is 40.4 Å². The van der Waals surface area contributed by atoms with Crippen molar-refractivity contribution in [3.05, 3.63) is 175 Å². The monoisotopic (exact) mass is 610 g/mol. The molecule has 0 aliphatic rings. The molecular formula is C44H26N4. The van der Waals surface area contributed by atoms with Crippen LogP contribution in [0.5, 0.6) is 0 Å². The molecule has 48 heavy (non-hydrogen) atoms. The van der Waals surface area contributed by atoms with Crippen LogP contribution in [0.15, 0.2) is 158 Å². The van der Waals surface area contributed by atoms with E-state index < -0.39 is 0 Å². The summed E-state index contributed by atoms with van der Waals surface area (Å²) in [7, 11) is 0. The van der Waals surface area contributed by atoms with Gasteiger partial charge in [-0.05, 0) is 77.4 Å². The molecule has 0 saturated heterocycles. The van der Waals surface area contributed by atoms with Gasteiger partial charge in [0.25, 0.3) is 0 Å². The molecule has 0 radical (unpaired) electrons. The van der Waals surface area contributed by atoms with Crippen molar-refractivity contribution >= 4 is 49.3 Å². The second kappa shape index (κ2) is 10.9. The maximum atomic E-state index is 10.2. The molecule has 222 valence electrons. The van der Waals surface area contributed by atoms with E-state index in [0.717, 1.165) is 55.4 Å². The van der Waals surface area contributed by atoms with E-state index in [-0.39, 0.29) is 0 Å². The second-order valence-electron chi connectivity index (χ2n) is 12.0. The Hall–Kier alpha value is -6.88. The van der Waals surface area contributed by atoms with Crippen LogP contribution in [0, 0.1) is 17.9 Å². The normalized spacial score (nSPS) is 11.3. The molecule has 4 heteroatoms. The number of benzene rings is 7. The molecule has 0 aliphatic carbocycles.